The molecule has 0 saturated carbocycles. The minimum Gasteiger partial charge on any atom is -0.497 e. The topological polar surface area (TPSA) is 17.4 Å². The Morgan fingerprint density at radius 3 is 2.90 bits per heavy atom. The maximum atomic E-state index is 5.42. The van der Waals surface area contributed by atoms with E-state index >= 15 is 0 Å². The molecule has 1 aromatic carbocycles. The van der Waals surface area contributed by atoms with Gasteiger partial charge in [0, 0.05) is 25.0 Å². The first-order chi connectivity index (χ1) is 10.3. The van der Waals surface area contributed by atoms with Crippen LogP contribution in [0.1, 0.15) is 37.1 Å². The number of fused-ring (bicyclic) bond motifs is 1. The Labute approximate surface area is 127 Å². The average Bonchev–Trinajstić information content (AvgIpc) is 2.89. The highest BCUT2D eigenvalue weighted by atomic mass is 16.5. The van der Waals surface area contributed by atoms with Crippen LogP contribution in [0.5, 0.6) is 5.75 Å². The standard InChI is InChI=1S/C18H24N2O/c1-3-10-20-13-6-12-19-11-5-9-17(19)18(20)15-7-4-8-16(14-15)21-2/h4-5,7-9,11,14,18H,3,6,10,12-13H2,1-2H3. The molecular formula is C18H24N2O. The third kappa shape index (κ3) is 2.84. The number of rotatable bonds is 4. The number of aromatic nitrogens is 1. The Hall–Kier alpha value is -1.74. The fraction of sp³-hybridized carbons (Fsp3) is 0.444. The summed E-state index contributed by atoms with van der Waals surface area (Å²) in [5, 5.41) is 0. The van der Waals surface area contributed by atoms with Gasteiger partial charge in [0.25, 0.3) is 0 Å². The van der Waals surface area contributed by atoms with E-state index in [4.69, 9.17) is 4.74 Å². The number of benzene rings is 1. The number of methoxy groups -OCH3 is 1. The van der Waals surface area contributed by atoms with E-state index in [1.807, 2.05) is 6.07 Å². The van der Waals surface area contributed by atoms with Crippen molar-refractivity contribution in [2.24, 2.45) is 0 Å². The molecule has 1 aliphatic heterocycles. The maximum Gasteiger partial charge on any atom is 0.119 e. The zero-order chi connectivity index (χ0) is 14.7. The van der Waals surface area contributed by atoms with Crippen molar-refractivity contribution in [2.45, 2.75) is 32.4 Å². The summed E-state index contributed by atoms with van der Waals surface area (Å²) in [6, 6.07) is 13.3. The monoisotopic (exact) mass is 284 g/mol. The van der Waals surface area contributed by atoms with E-state index in [0.29, 0.717) is 6.04 Å². The van der Waals surface area contributed by atoms with Gasteiger partial charge in [-0.2, -0.15) is 0 Å². The van der Waals surface area contributed by atoms with Gasteiger partial charge in [-0.3, -0.25) is 4.90 Å². The smallest absolute Gasteiger partial charge is 0.119 e. The van der Waals surface area contributed by atoms with Crippen LogP contribution in [0.3, 0.4) is 0 Å². The third-order valence-corrected chi connectivity index (χ3v) is 4.27. The Balaban J connectivity index is 2.04. The molecule has 0 saturated heterocycles. The molecule has 0 bridgehead atoms. The van der Waals surface area contributed by atoms with Crippen molar-refractivity contribution in [3.8, 4) is 5.75 Å². The zero-order valence-electron chi connectivity index (χ0n) is 13.0. The van der Waals surface area contributed by atoms with E-state index in [9.17, 15) is 0 Å². The van der Waals surface area contributed by atoms with Crippen molar-refractivity contribution in [3.63, 3.8) is 0 Å². The molecule has 1 aromatic heterocycles. The molecule has 0 amide bonds. The van der Waals surface area contributed by atoms with Crippen LogP contribution in [0.4, 0.5) is 0 Å². The molecule has 2 aromatic rings. The predicted octanol–water partition coefficient (Wildman–Crippen LogP) is 3.70. The average molecular weight is 284 g/mol. The summed E-state index contributed by atoms with van der Waals surface area (Å²) in [6.07, 6.45) is 4.60. The van der Waals surface area contributed by atoms with Gasteiger partial charge in [0.2, 0.25) is 0 Å². The molecule has 3 nitrogen and oxygen atoms in total. The van der Waals surface area contributed by atoms with Gasteiger partial charge in [-0.25, -0.2) is 0 Å². The lowest BCUT2D eigenvalue weighted by molar-refractivity contribution is 0.229. The van der Waals surface area contributed by atoms with Crippen LogP contribution in [0, 0.1) is 0 Å². The zero-order valence-corrected chi connectivity index (χ0v) is 13.0. The van der Waals surface area contributed by atoms with Crippen LogP contribution in [-0.2, 0) is 6.54 Å². The van der Waals surface area contributed by atoms with E-state index in [2.05, 4.69) is 52.9 Å². The number of aryl methyl sites for hydroxylation is 1. The van der Waals surface area contributed by atoms with E-state index in [1.165, 1.54) is 24.1 Å². The quantitative estimate of drug-likeness (QED) is 0.851. The van der Waals surface area contributed by atoms with Gasteiger partial charge in [0.05, 0.1) is 13.2 Å². The highest BCUT2D eigenvalue weighted by Gasteiger charge is 2.26. The molecule has 0 fully saturated rings. The molecule has 1 aliphatic rings. The minimum absolute atomic E-state index is 0.331. The summed E-state index contributed by atoms with van der Waals surface area (Å²) in [5.41, 5.74) is 2.72. The molecule has 0 N–H and O–H groups in total. The van der Waals surface area contributed by atoms with Gasteiger partial charge in [0.1, 0.15) is 5.75 Å². The van der Waals surface area contributed by atoms with Crippen LogP contribution in [0.15, 0.2) is 42.6 Å². The molecule has 1 unspecified atom stereocenters. The van der Waals surface area contributed by atoms with Crippen molar-refractivity contribution < 1.29 is 4.74 Å². The number of hydrogen-bond donors (Lipinski definition) is 0. The molecule has 2 heterocycles. The van der Waals surface area contributed by atoms with E-state index in [0.717, 1.165) is 25.4 Å². The Kier molecular flexibility index (Phi) is 4.30. The Morgan fingerprint density at radius 2 is 2.10 bits per heavy atom. The first-order valence-electron chi connectivity index (χ1n) is 7.86. The fourth-order valence-electron chi connectivity index (χ4n) is 3.36. The lowest BCUT2D eigenvalue weighted by Gasteiger charge is -2.30. The SMILES string of the molecule is CCCN1CCCn2cccc2C1c1cccc(OC)c1. The van der Waals surface area contributed by atoms with Gasteiger partial charge in [0.15, 0.2) is 0 Å². The molecular weight excluding hydrogens is 260 g/mol. The molecule has 112 valence electrons. The van der Waals surface area contributed by atoms with Crippen LogP contribution in [0.25, 0.3) is 0 Å². The summed E-state index contributed by atoms with van der Waals surface area (Å²) in [4.78, 5) is 2.60. The van der Waals surface area contributed by atoms with Gasteiger partial charge in [-0.15, -0.1) is 0 Å². The summed E-state index contributed by atoms with van der Waals surface area (Å²) in [5.74, 6) is 0.936. The van der Waals surface area contributed by atoms with Crippen molar-refractivity contribution in [2.75, 3.05) is 20.2 Å². The minimum atomic E-state index is 0.331. The second-order valence-electron chi connectivity index (χ2n) is 5.70. The molecule has 3 heteroatoms. The fourth-order valence-corrected chi connectivity index (χ4v) is 3.36. The van der Waals surface area contributed by atoms with Crippen LogP contribution in [-0.4, -0.2) is 29.7 Å². The van der Waals surface area contributed by atoms with Crippen molar-refractivity contribution >= 4 is 0 Å². The highest BCUT2D eigenvalue weighted by molar-refractivity contribution is 5.35. The van der Waals surface area contributed by atoms with Crippen molar-refractivity contribution in [1.82, 2.24) is 9.47 Å². The molecule has 0 radical (unpaired) electrons. The van der Waals surface area contributed by atoms with Crippen molar-refractivity contribution in [3.05, 3.63) is 53.9 Å². The van der Waals surface area contributed by atoms with E-state index in [1.54, 1.807) is 7.11 Å². The van der Waals surface area contributed by atoms with Crippen LogP contribution in [0.2, 0.25) is 0 Å². The first kappa shape index (κ1) is 14.2. The van der Waals surface area contributed by atoms with E-state index in [-0.39, 0.29) is 0 Å². The second-order valence-corrected chi connectivity index (χ2v) is 5.70. The largest absolute Gasteiger partial charge is 0.497 e. The maximum absolute atomic E-state index is 5.42. The predicted molar refractivity (Wildman–Crippen MR) is 85.8 cm³/mol. The lowest BCUT2D eigenvalue weighted by atomic mass is 10.0. The van der Waals surface area contributed by atoms with Gasteiger partial charge in [-0.1, -0.05) is 19.1 Å². The summed E-state index contributed by atoms with van der Waals surface area (Å²) in [7, 11) is 1.73. The number of nitrogens with zero attached hydrogens (tertiary/aromatic N) is 2. The Morgan fingerprint density at radius 1 is 1.19 bits per heavy atom. The molecule has 21 heavy (non-hydrogen) atoms. The van der Waals surface area contributed by atoms with Crippen LogP contribution < -0.4 is 4.74 Å². The number of hydrogen-bond acceptors (Lipinski definition) is 2. The van der Waals surface area contributed by atoms with Crippen molar-refractivity contribution in [1.29, 1.82) is 0 Å². The molecule has 1 atom stereocenters. The normalized spacial score (nSPS) is 19.0. The molecule has 0 aliphatic carbocycles. The first-order valence-corrected chi connectivity index (χ1v) is 7.86. The highest BCUT2D eigenvalue weighted by Crippen LogP contribution is 2.33. The Bertz CT molecular complexity index is 590. The summed E-state index contributed by atoms with van der Waals surface area (Å²) >= 11 is 0. The van der Waals surface area contributed by atoms with Gasteiger partial charge >= 0.3 is 0 Å². The van der Waals surface area contributed by atoms with Gasteiger partial charge in [-0.05, 0) is 49.2 Å². The second kappa shape index (κ2) is 6.35. The summed E-state index contributed by atoms with van der Waals surface area (Å²) < 4.78 is 7.82. The molecule has 3 rings (SSSR count). The lowest BCUT2D eigenvalue weighted by Crippen LogP contribution is -2.30. The van der Waals surface area contributed by atoms with E-state index < -0.39 is 0 Å². The third-order valence-electron chi connectivity index (χ3n) is 4.27. The number of ether oxygens (including phenoxy) is 1. The summed E-state index contributed by atoms with van der Waals surface area (Å²) in [6.45, 7) is 5.65. The van der Waals surface area contributed by atoms with Crippen LogP contribution >= 0.6 is 0 Å². The van der Waals surface area contributed by atoms with Gasteiger partial charge < -0.3 is 9.30 Å². The molecule has 0 spiro atoms.